The maximum Gasteiger partial charge on any atom is 0.141 e. The zero-order valence-corrected chi connectivity index (χ0v) is 29.9. The first-order chi connectivity index (χ1) is 23.4. The predicted octanol–water partition coefficient (Wildman–Crippen LogP) is 7.94. The van der Waals surface area contributed by atoms with Gasteiger partial charge in [0.2, 0.25) is 0 Å². The lowest BCUT2D eigenvalue weighted by molar-refractivity contribution is 0.0570. The largest absolute Gasteiger partial charge is 0.373 e. The maximum atomic E-state index is 13.9. The molecule has 256 valence electrons. The highest BCUT2D eigenvalue weighted by atomic mass is 35.5. The molecule has 1 aromatic heterocycles. The molecule has 0 unspecified atom stereocenters. The molecule has 9 nitrogen and oxygen atoms in total. The van der Waals surface area contributed by atoms with Gasteiger partial charge in [-0.05, 0) is 89.2 Å². The van der Waals surface area contributed by atoms with E-state index in [0.29, 0.717) is 38.9 Å². The van der Waals surface area contributed by atoms with Crippen LogP contribution in [0.4, 0.5) is 21.5 Å². The monoisotopic (exact) mass is 701 g/mol. The SMILES string of the molecule is CN(C)Cc1ccccc1[C@H](Nc1cc(Cl)c2ncc(C#N)c(Nc3ccc(F)c(Cl)c3)c2c1)C1=CN(C2CCN(C(C)(C)C)CC2)NN1. The number of fused-ring (bicyclic) bond motifs is 1. The van der Waals surface area contributed by atoms with Crippen molar-refractivity contribution >= 4 is 51.2 Å². The van der Waals surface area contributed by atoms with Crippen molar-refractivity contribution in [3.63, 3.8) is 0 Å². The Kier molecular flexibility index (Phi) is 10.2. The topological polar surface area (TPSA) is 94.5 Å². The molecule has 6 rings (SSSR count). The van der Waals surface area contributed by atoms with Crippen molar-refractivity contribution in [3.8, 4) is 6.07 Å². The van der Waals surface area contributed by atoms with Crippen molar-refractivity contribution in [2.45, 2.75) is 57.8 Å². The molecular weight excluding hydrogens is 660 g/mol. The number of halogens is 3. The van der Waals surface area contributed by atoms with E-state index in [0.717, 1.165) is 49.4 Å². The van der Waals surface area contributed by atoms with Gasteiger partial charge >= 0.3 is 0 Å². The molecule has 1 atom stereocenters. The van der Waals surface area contributed by atoms with Crippen LogP contribution in [0.25, 0.3) is 10.9 Å². The number of anilines is 3. The minimum absolute atomic E-state index is 0.0266. The minimum atomic E-state index is -0.527. The third-order valence-electron chi connectivity index (χ3n) is 9.12. The van der Waals surface area contributed by atoms with Gasteiger partial charge in [0.1, 0.15) is 11.9 Å². The second-order valence-corrected chi connectivity index (χ2v) is 14.7. The first kappa shape index (κ1) is 34.7. The normalized spacial score (nSPS) is 16.4. The fourth-order valence-corrected chi connectivity index (χ4v) is 7.02. The van der Waals surface area contributed by atoms with E-state index in [9.17, 15) is 9.65 Å². The fourth-order valence-electron chi connectivity index (χ4n) is 6.57. The first-order valence-corrected chi connectivity index (χ1v) is 17.2. The third-order valence-corrected chi connectivity index (χ3v) is 9.70. The summed E-state index contributed by atoms with van der Waals surface area (Å²) in [6.45, 7) is 9.66. The Labute approximate surface area is 297 Å². The van der Waals surface area contributed by atoms with E-state index in [1.807, 2.05) is 12.1 Å². The molecule has 1 fully saturated rings. The van der Waals surface area contributed by atoms with Crippen LogP contribution in [0.2, 0.25) is 10.0 Å². The predicted molar refractivity (Wildman–Crippen MR) is 197 cm³/mol. The highest BCUT2D eigenvalue weighted by molar-refractivity contribution is 6.36. The molecule has 0 bridgehead atoms. The Balaban J connectivity index is 1.38. The van der Waals surface area contributed by atoms with Crippen LogP contribution in [0, 0.1) is 17.1 Å². The van der Waals surface area contributed by atoms with Crippen LogP contribution < -0.4 is 21.6 Å². The summed E-state index contributed by atoms with van der Waals surface area (Å²) in [5.41, 5.74) is 12.9. The van der Waals surface area contributed by atoms with E-state index >= 15 is 0 Å². The molecule has 4 aromatic rings. The molecule has 2 aliphatic rings. The number of rotatable bonds is 9. The van der Waals surface area contributed by atoms with Gasteiger partial charge in [0.25, 0.3) is 0 Å². The van der Waals surface area contributed by atoms with Crippen LogP contribution in [0.3, 0.4) is 0 Å². The second kappa shape index (κ2) is 14.4. The molecule has 3 heterocycles. The van der Waals surface area contributed by atoms with Gasteiger partial charge in [-0.2, -0.15) is 5.26 Å². The van der Waals surface area contributed by atoms with Crippen LogP contribution in [0.5, 0.6) is 0 Å². The number of hydrogen-bond acceptors (Lipinski definition) is 9. The summed E-state index contributed by atoms with van der Waals surface area (Å²) in [5, 5.41) is 20.3. The lowest BCUT2D eigenvalue weighted by atomic mass is 9.96. The number of nitriles is 1. The Morgan fingerprint density at radius 2 is 1.80 bits per heavy atom. The Morgan fingerprint density at radius 3 is 2.49 bits per heavy atom. The van der Waals surface area contributed by atoms with Crippen LogP contribution >= 0.6 is 23.2 Å². The first-order valence-electron chi connectivity index (χ1n) is 16.4. The number of benzene rings is 3. The molecule has 0 aliphatic carbocycles. The third kappa shape index (κ3) is 7.72. The summed E-state index contributed by atoms with van der Waals surface area (Å²) >= 11 is 13.0. The maximum absolute atomic E-state index is 13.9. The van der Waals surface area contributed by atoms with Gasteiger partial charge in [-0.15, -0.1) is 5.53 Å². The average molecular weight is 703 g/mol. The van der Waals surface area contributed by atoms with Gasteiger partial charge in [0.15, 0.2) is 0 Å². The van der Waals surface area contributed by atoms with E-state index in [1.54, 1.807) is 6.07 Å². The number of pyridine rings is 1. The van der Waals surface area contributed by atoms with Crippen LogP contribution in [0.1, 0.15) is 56.3 Å². The lowest BCUT2D eigenvalue weighted by Crippen LogP contribution is -2.52. The average Bonchev–Trinajstić information content (AvgIpc) is 3.56. The highest BCUT2D eigenvalue weighted by Crippen LogP contribution is 2.38. The second-order valence-electron chi connectivity index (χ2n) is 13.9. The van der Waals surface area contributed by atoms with E-state index in [2.05, 4.69) is 113 Å². The van der Waals surface area contributed by atoms with Gasteiger partial charge in [-0.3, -0.25) is 14.9 Å². The molecule has 4 N–H and O–H groups in total. The van der Waals surface area contributed by atoms with E-state index < -0.39 is 5.82 Å². The summed E-state index contributed by atoms with van der Waals surface area (Å²) < 4.78 is 13.9. The Bertz CT molecular complexity index is 1910. The van der Waals surface area contributed by atoms with Crippen molar-refractivity contribution in [3.05, 3.63) is 105 Å². The van der Waals surface area contributed by atoms with E-state index in [-0.39, 0.29) is 16.6 Å². The summed E-state index contributed by atoms with van der Waals surface area (Å²) in [6, 6.07) is 18.8. The smallest absolute Gasteiger partial charge is 0.141 e. The van der Waals surface area contributed by atoms with Crippen molar-refractivity contribution in [2.24, 2.45) is 0 Å². The number of nitrogens with zero attached hydrogens (tertiary/aromatic N) is 5. The molecule has 49 heavy (non-hydrogen) atoms. The van der Waals surface area contributed by atoms with Gasteiger partial charge in [0.05, 0.1) is 38.6 Å². The number of nitrogens with one attached hydrogen (secondary N) is 4. The zero-order chi connectivity index (χ0) is 34.9. The zero-order valence-electron chi connectivity index (χ0n) is 28.4. The Hall–Kier alpha value is -4.11. The van der Waals surface area contributed by atoms with Gasteiger partial charge in [-0.25, -0.2) is 4.39 Å². The van der Waals surface area contributed by atoms with E-state index in [4.69, 9.17) is 23.2 Å². The van der Waals surface area contributed by atoms with E-state index in [1.165, 1.54) is 23.9 Å². The van der Waals surface area contributed by atoms with Crippen LogP contribution in [0.15, 0.2) is 72.7 Å². The lowest BCUT2D eigenvalue weighted by Gasteiger charge is -2.42. The molecule has 0 radical (unpaired) electrons. The number of aromatic nitrogens is 1. The number of piperidine rings is 1. The number of likely N-dealkylation sites (tertiary alicyclic amines) is 1. The number of hydrogen-bond donors (Lipinski definition) is 4. The molecule has 0 amide bonds. The van der Waals surface area contributed by atoms with Crippen molar-refractivity contribution in [1.82, 2.24) is 30.8 Å². The Morgan fingerprint density at radius 1 is 1.06 bits per heavy atom. The van der Waals surface area contributed by atoms with Crippen LogP contribution in [-0.2, 0) is 6.54 Å². The molecule has 0 spiro atoms. The molecule has 0 saturated carbocycles. The quantitative estimate of drug-likeness (QED) is 0.139. The molecule has 12 heteroatoms. The van der Waals surface area contributed by atoms with Gasteiger partial charge in [-0.1, -0.05) is 47.5 Å². The van der Waals surface area contributed by atoms with Gasteiger partial charge < -0.3 is 21.0 Å². The molecular formula is C37H42Cl2FN9. The number of hydrazine groups is 2. The standard InChI is InChI=1S/C37H42Cl2FN9/c1-37(2,3)48-14-12-27(13-15-48)49-22-33(45-46-49)36(28-9-7-6-8-23(28)21-47(4)5)44-26-16-29-34(43-25-10-11-32(40)30(38)17-25)24(19-41)20-42-35(29)31(39)18-26/h6-11,16-18,20,22,27,36,44-46H,12-15,21H2,1-5H3,(H,42,43)/t36-/m0/s1. The minimum Gasteiger partial charge on any atom is -0.373 e. The van der Waals surface area contributed by atoms with Crippen LogP contribution in [-0.4, -0.2) is 58.6 Å². The molecule has 1 saturated heterocycles. The summed E-state index contributed by atoms with van der Waals surface area (Å²) in [4.78, 5) is 9.21. The summed E-state index contributed by atoms with van der Waals surface area (Å²) in [6.07, 6.45) is 5.75. The summed E-state index contributed by atoms with van der Waals surface area (Å²) in [5.74, 6) is -0.527. The van der Waals surface area contributed by atoms with Crippen molar-refractivity contribution < 1.29 is 4.39 Å². The highest BCUT2D eigenvalue weighted by Gasteiger charge is 2.32. The fraction of sp³-hybridized carbons (Fsp3) is 0.351. The van der Waals surface area contributed by atoms with Crippen molar-refractivity contribution in [2.75, 3.05) is 37.8 Å². The molecule has 2 aliphatic heterocycles. The van der Waals surface area contributed by atoms with Crippen molar-refractivity contribution in [1.29, 1.82) is 5.26 Å². The van der Waals surface area contributed by atoms with Gasteiger partial charge in [0, 0.05) is 60.4 Å². The molecule has 3 aromatic carbocycles. The summed E-state index contributed by atoms with van der Waals surface area (Å²) in [7, 11) is 4.12.